The molecule has 1 aliphatic heterocycles. The van der Waals surface area contributed by atoms with Crippen molar-refractivity contribution in [2.75, 3.05) is 31.6 Å². The number of halogens is 1. The molecule has 31 heavy (non-hydrogen) atoms. The minimum absolute atomic E-state index is 0.0766. The molecule has 0 saturated carbocycles. The first kappa shape index (κ1) is 21.5. The maximum absolute atomic E-state index is 13.0. The van der Waals surface area contributed by atoms with Crippen LogP contribution < -0.4 is 5.32 Å². The first-order valence-corrected chi connectivity index (χ1v) is 11.6. The fraction of sp³-hybridized carbons (Fsp3) is 0.174. The number of hydrogen-bond donors (Lipinski definition) is 1. The van der Waals surface area contributed by atoms with E-state index in [9.17, 15) is 13.2 Å². The minimum atomic E-state index is -3.83. The Morgan fingerprint density at radius 3 is 2.35 bits per heavy atom. The van der Waals surface area contributed by atoms with E-state index in [4.69, 9.17) is 16.3 Å². The molecule has 1 amide bonds. The summed E-state index contributed by atoms with van der Waals surface area (Å²) in [5.74, 6) is -0.418. The van der Waals surface area contributed by atoms with E-state index in [1.165, 1.54) is 22.5 Å². The Morgan fingerprint density at radius 1 is 0.935 bits per heavy atom. The van der Waals surface area contributed by atoms with Crippen LogP contribution in [0.4, 0.5) is 5.69 Å². The molecule has 0 spiro atoms. The van der Waals surface area contributed by atoms with Crippen LogP contribution in [0.5, 0.6) is 0 Å². The zero-order valence-corrected chi connectivity index (χ0v) is 18.2. The lowest BCUT2D eigenvalue weighted by Crippen LogP contribution is -2.40. The molecule has 160 valence electrons. The lowest BCUT2D eigenvalue weighted by Gasteiger charge is -2.26. The van der Waals surface area contributed by atoms with Gasteiger partial charge in [-0.3, -0.25) is 4.79 Å². The molecule has 0 aromatic heterocycles. The summed E-state index contributed by atoms with van der Waals surface area (Å²) in [6.45, 7) is 1.15. The number of sulfonamides is 1. The van der Waals surface area contributed by atoms with Crippen LogP contribution in [0.3, 0.4) is 0 Å². The van der Waals surface area contributed by atoms with Gasteiger partial charge in [0.2, 0.25) is 10.0 Å². The van der Waals surface area contributed by atoms with Crippen molar-refractivity contribution in [2.24, 2.45) is 0 Å². The summed E-state index contributed by atoms with van der Waals surface area (Å²) >= 11 is 6.20. The number of ether oxygens (including phenoxy) is 1. The molecular formula is C23H21ClN2O4S. The van der Waals surface area contributed by atoms with Gasteiger partial charge in [-0.05, 0) is 29.8 Å². The maximum atomic E-state index is 13.0. The van der Waals surface area contributed by atoms with E-state index in [2.05, 4.69) is 5.32 Å². The van der Waals surface area contributed by atoms with Gasteiger partial charge in [0.05, 0.1) is 18.2 Å². The average Bonchev–Trinajstić information content (AvgIpc) is 2.80. The van der Waals surface area contributed by atoms with Gasteiger partial charge in [0.15, 0.2) is 0 Å². The lowest BCUT2D eigenvalue weighted by molar-refractivity contribution is 0.0730. The lowest BCUT2D eigenvalue weighted by atomic mass is 10.0. The van der Waals surface area contributed by atoms with Crippen LogP contribution in [0.15, 0.2) is 77.7 Å². The SMILES string of the molecule is O=C(Nc1ccccc1-c1ccccc1)c1ccc(Cl)c(S(=O)(=O)N2CCOCC2)c1. The third-order valence-corrected chi connectivity index (χ3v) is 7.42. The number of nitrogens with one attached hydrogen (secondary N) is 1. The molecule has 3 aromatic carbocycles. The normalized spacial score (nSPS) is 14.9. The van der Waals surface area contributed by atoms with E-state index < -0.39 is 15.9 Å². The van der Waals surface area contributed by atoms with Gasteiger partial charge in [0, 0.05) is 29.9 Å². The monoisotopic (exact) mass is 456 g/mol. The molecule has 1 heterocycles. The number of benzene rings is 3. The molecule has 4 rings (SSSR count). The van der Waals surface area contributed by atoms with Crippen LogP contribution >= 0.6 is 11.6 Å². The highest BCUT2D eigenvalue weighted by Crippen LogP contribution is 2.30. The van der Waals surface area contributed by atoms with Gasteiger partial charge < -0.3 is 10.1 Å². The number of morpholine rings is 1. The van der Waals surface area contributed by atoms with Crippen molar-refractivity contribution in [3.05, 3.63) is 83.4 Å². The van der Waals surface area contributed by atoms with Crippen molar-refractivity contribution in [3.63, 3.8) is 0 Å². The van der Waals surface area contributed by atoms with Gasteiger partial charge in [-0.15, -0.1) is 0 Å². The Hall–Kier alpha value is -2.71. The second-order valence-electron chi connectivity index (χ2n) is 7.03. The second-order valence-corrected chi connectivity index (χ2v) is 9.34. The number of rotatable bonds is 5. The van der Waals surface area contributed by atoms with Crippen LogP contribution in [0.2, 0.25) is 5.02 Å². The summed E-state index contributed by atoms with van der Waals surface area (Å²) in [7, 11) is -3.83. The van der Waals surface area contributed by atoms with Crippen molar-refractivity contribution in [1.82, 2.24) is 4.31 Å². The predicted molar refractivity (Wildman–Crippen MR) is 121 cm³/mol. The fourth-order valence-electron chi connectivity index (χ4n) is 3.42. The Bertz CT molecular complexity index is 1190. The van der Waals surface area contributed by atoms with Crippen LogP contribution in [-0.4, -0.2) is 44.9 Å². The fourth-order valence-corrected chi connectivity index (χ4v) is 5.33. The number of amides is 1. The zero-order chi connectivity index (χ0) is 21.8. The van der Waals surface area contributed by atoms with Crippen molar-refractivity contribution >= 4 is 33.2 Å². The average molecular weight is 457 g/mol. The smallest absolute Gasteiger partial charge is 0.255 e. The number of carbonyl (C=O) groups is 1. The maximum Gasteiger partial charge on any atom is 0.255 e. The van der Waals surface area contributed by atoms with E-state index in [-0.39, 0.29) is 28.6 Å². The molecule has 1 aliphatic rings. The molecule has 0 radical (unpaired) electrons. The molecule has 8 heteroatoms. The summed E-state index contributed by atoms with van der Waals surface area (Å²) in [6, 6.07) is 21.4. The predicted octanol–water partition coefficient (Wildman–Crippen LogP) is 4.28. The zero-order valence-electron chi connectivity index (χ0n) is 16.6. The van der Waals surface area contributed by atoms with Gasteiger partial charge in [-0.2, -0.15) is 4.31 Å². The third-order valence-electron chi connectivity index (χ3n) is 5.04. The quantitative estimate of drug-likeness (QED) is 0.621. The van der Waals surface area contributed by atoms with Crippen molar-refractivity contribution in [3.8, 4) is 11.1 Å². The first-order chi connectivity index (χ1) is 15.0. The molecule has 0 atom stereocenters. The number of para-hydroxylation sites is 1. The van der Waals surface area contributed by atoms with Crippen LogP contribution in [0.25, 0.3) is 11.1 Å². The van der Waals surface area contributed by atoms with Gasteiger partial charge in [-0.25, -0.2) is 8.42 Å². The number of nitrogens with zero attached hydrogens (tertiary/aromatic N) is 1. The summed E-state index contributed by atoms with van der Waals surface area (Å²) < 4.78 is 32.6. The molecule has 3 aromatic rings. The Kier molecular flexibility index (Phi) is 6.38. The van der Waals surface area contributed by atoms with Crippen molar-refractivity contribution < 1.29 is 17.9 Å². The molecule has 6 nitrogen and oxygen atoms in total. The summed E-state index contributed by atoms with van der Waals surface area (Å²) in [5, 5.41) is 2.97. The molecular weight excluding hydrogens is 436 g/mol. The van der Waals surface area contributed by atoms with Crippen molar-refractivity contribution in [1.29, 1.82) is 0 Å². The third kappa shape index (κ3) is 4.65. The minimum Gasteiger partial charge on any atom is -0.379 e. The topological polar surface area (TPSA) is 75.7 Å². The first-order valence-electron chi connectivity index (χ1n) is 9.80. The van der Waals surface area contributed by atoms with Crippen molar-refractivity contribution in [2.45, 2.75) is 4.90 Å². The van der Waals surface area contributed by atoms with E-state index in [1.54, 1.807) is 0 Å². The number of carbonyl (C=O) groups excluding carboxylic acids is 1. The highest BCUT2D eigenvalue weighted by atomic mass is 35.5. The van der Waals surface area contributed by atoms with Crippen LogP contribution in [-0.2, 0) is 14.8 Å². The van der Waals surface area contributed by atoms with Gasteiger partial charge in [-0.1, -0.05) is 60.1 Å². The molecule has 0 unspecified atom stereocenters. The number of anilines is 1. The number of hydrogen-bond acceptors (Lipinski definition) is 4. The van der Waals surface area contributed by atoms with Crippen LogP contribution in [0.1, 0.15) is 10.4 Å². The summed E-state index contributed by atoms with van der Waals surface area (Å²) in [4.78, 5) is 12.9. The van der Waals surface area contributed by atoms with E-state index in [0.29, 0.717) is 18.9 Å². The second kappa shape index (κ2) is 9.20. The molecule has 0 aliphatic carbocycles. The highest BCUT2D eigenvalue weighted by Gasteiger charge is 2.29. The van der Waals surface area contributed by atoms with Gasteiger partial charge in [0.25, 0.3) is 5.91 Å². The largest absolute Gasteiger partial charge is 0.379 e. The highest BCUT2D eigenvalue weighted by molar-refractivity contribution is 7.89. The van der Waals surface area contributed by atoms with E-state index in [0.717, 1.165) is 11.1 Å². The van der Waals surface area contributed by atoms with Gasteiger partial charge >= 0.3 is 0 Å². The Balaban J connectivity index is 1.63. The van der Waals surface area contributed by atoms with Crippen LogP contribution in [0, 0.1) is 0 Å². The Morgan fingerprint density at radius 2 is 1.61 bits per heavy atom. The van der Waals surface area contributed by atoms with Gasteiger partial charge in [0.1, 0.15) is 4.90 Å². The van der Waals surface area contributed by atoms with E-state index in [1.807, 2.05) is 54.6 Å². The Labute approximate surface area is 186 Å². The molecule has 0 bridgehead atoms. The molecule has 1 saturated heterocycles. The standard InChI is InChI=1S/C23H21ClN2O4S/c24-20-11-10-18(16-22(20)31(28,29)26-12-14-30-15-13-26)23(27)25-21-9-5-4-8-19(21)17-6-2-1-3-7-17/h1-11,16H,12-15H2,(H,25,27). The summed E-state index contributed by atoms with van der Waals surface area (Å²) in [5.41, 5.74) is 2.67. The molecule has 1 fully saturated rings. The summed E-state index contributed by atoms with van der Waals surface area (Å²) in [6.07, 6.45) is 0. The molecule has 1 N–H and O–H groups in total. The van der Waals surface area contributed by atoms with E-state index >= 15 is 0 Å².